The third kappa shape index (κ3) is 5.57. The van der Waals surface area contributed by atoms with Crippen LogP contribution in [0.15, 0.2) is 72.8 Å². The summed E-state index contributed by atoms with van der Waals surface area (Å²) in [6.07, 6.45) is 6.42. The summed E-state index contributed by atoms with van der Waals surface area (Å²) < 4.78 is 13.1. The van der Waals surface area contributed by atoms with E-state index in [-0.39, 0.29) is 31.4 Å². The van der Waals surface area contributed by atoms with E-state index in [1.165, 1.54) is 4.90 Å². The topological polar surface area (TPSA) is 125 Å². The number of allylic oxidation sites excluding steroid dienone is 1. The quantitative estimate of drug-likeness (QED) is 0.377. The molecule has 47 heavy (non-hydrogen) atoms. The van der Waals surface area contributed by atoms with Crippen molar-refractivity contribution in [3.05, 3.63) is 89.5 Å². The number of para-hydroxylation sites is 1. The van der Waals surface area contributed by atoms with Crippen molar-refractivity contribution in [2.45, 2.75) is 82.9 Å². The van der Waals surface area contributed by atoms with E-state index in [0.717, 1.165) is 16.8 Å². The highest BCUT2D eigenvalue weighted by molar-refractivity contribution is 6.06. The molecule has 2 aromatic rings. The first-order valence-electron chi connectivity index (χ1n) is 16.5. The van der Waals surface area contributed by atoms with E-state index in [4.69, 9.17) is 9.47 Å². The van der Waals surface area contributed by atoms with Crippen LogP contribution < -0.4 is 10.2 Å². The van der Waals surface area contributed by atoms with Crippen LogP contribution in [0.1, 0.15) is 55.9 Å². The number of carbonyl (C=O) groups is 4. The number of hydrogen-bond donors (Lipinski definition) is 2. The van der Waals surface area contributed by atoms with Gasteiger partial charge >= 0.3 is 5.97 Å². The van der Waals surface area contributed by atoms with Gasteiger partial charge in [0.1, 0.15) is 23.7 Å². The zero-order chi connectivity index (χ0) is 33.5. The molecule has 0 bridgehead atoms. The van der Waals surface area contributed by atoms with Gasteiger partial charge in [0.2, 0.25) is 11.8 Å². The first-order chi connectivity index (χ1) is 22.6. The Balaban J connectivity index is 1.48. The lowest BCUT2D eigenvalue weighted by Crippen LogP contribution is -2.58. The first kappa shape index (κ1) is 32.7. The summed E-state index contributed by atoms with van der Waals surface area (Å²) >= 11 is 0. The second-order valence-corrected chi connectivity index (χ2v) is 13.0. The molecule has 2 N–H and O–H groups in total. The Morgan fingerprint density at radius 2 is 1.72 bits per heavy atom. The zero-order valence-corrected chi connectivity index (χ0v) is 27.3. The van der Waals surface area contributed by atoms with Crippen molar-refractivity contribution >= 4 is 29.4 Å². The molecule has 0 aromatic heterocycles. The summed E-state index contributed by atoms with van der Waals surface area (Å²) in [5.41, 5.74) is 1.78. The van der Waals surface area contributed by atoms with Crippen LogP contribution in [0, 0.1) is 25.7 Å². The number of hydrogen-bond acceptors (Lipinski definition) is 7. The Bertz CT molecular complexity index is 1580. The maximum absolute atomic E-state index is 14.9. The lowest BCUT2D eigenvalue weighted by Gasteiger charge is -2.38. The van der Waals surface area contributed by atoms with E-state index in [9.17, 15) is 24.3 Å². The van der Waals surface area contributed by atoms with Crippen molar-refractivity contribution in [3.8, 4) is 0 Å². The minimum Gasteiger partial charge on any atom is -0.455 e. The van der Waals surface area contributed by atoms with Gasteiger partial charge < -0.3 is 29.7 Å². The maximum atomic E-state index is 14.9. The number of ether oxygens (including phenoxy) is 2. The predicted octanol–water partition coefficient (Wildman–Crippen LogP) is 3.70. The van der Waals surface area contributed by atoms with Gasteiger partial charge in [-0.25, -0.2) is 0 Å². The molecule has 4 heterocycles. The van der Waals surface area contributed by atoms with Crippen LogP contribution in [-0.2, 0) is 28.7 Å². The molecule has 0 saturated carbocycles. The van der Waals surface area contributed by atoms with Crippen molar-refractivity contribution in [3.63, 3.8) is 0 Å². The summed E-state index contributed by atoms with van der Waals surface area (Å²) in [5.74, 6) is -3.77. The number of likely N-dealkylation sites (tertiary alicyclic amines) is 1. The average Bonchev–Trinajstić information content (AvgIpc) is 3.44. The van der Waals surface area contributed by atoms with E-state index in [2.05, 4.69) is 5.32 Å². The second-order valence-electron chi connectivity index (χ2n) is 13.0. The van der Waals surface area contributed by atoms with Crippen molar-refractivity contribution in [1.82, 2.24) is 10.2 Å². The third-order valence-corrected chi connectivity index (χ3v) is 10.1. The number of benzene rings is 2. The number of nitrogens with one attached hydrogen (secondary N) is 1. The molecule has 2 fully saturated rings. The average molecular weight is 642 g/mol. The largest absolute Gasteiger partial charge is 0.455 e. The third-order valence-electron chi connectivity index (χ3n) is 10.1. The second kappa shape index (κ2) is 13.1. The van der Waals surface area contributed by atoms with Gasteiger partial charge in [0.05, 0.1) is 30.7 Å². The lowest BCUT2D eigenvalue weighted by atomic mass is 9.77. The van der Waals surface area contributed by atoms with E-state index < -0.39 is 59.6 Å². The van der Waals surface area contributed by atoms with Crippen molar-refractivity contribution in [2.24, 2.45) is 11.8 Å². The fourth-order valence-electron chi connectivity index (χ4n) is 7.88. The number of amides is 3. The fraction of sp³-hybridized carbons (Fsp3) is 0.459. The van der Waals surface area contributed by atoms with E-state index in [1.807, 2.05) is 75.4 Å². The Labute approximate surface area is 275 Å². The lowest BCUT2D eigenvalue weighted by molar-refractivity contribution is -0.161. The molecule has 0 radical (unpaired) electrons. The number of nitrogens with zero attached hydrogens (tertiary/aromatic N) is 2. The Hall–Kier alpha value is -4.28. The van der Waals surface area contributed by atoms with Crippen LogP contribution in [0.2, 0.25) is 0 Å². The maximum Gasteiger partial charge on any atom is 0.313 e. The standard InChI is InChI=1S/C37H43N3O7/c1-5-26(21-41)40-33-35(44)39(31-22(2)13-11-14-23(31)3)20-12-19-37(33)30(34(40)43)29-27(47-37)17-9-10-18-28(42)38-24(4)32(46-36(29)45)25-15-7-6-8-16-25/h6-9,11-17,19,24,26-27,29-30,32-33,41H,5,10,18,20-21H2,1-4H3,(H,38,42)/b17-9-/t24-,26-,27-,29+,30+,32+,33-,37+/m0/s1. The van der Waals surface area contributed by atoms with Gasteiger partial charge in [-0.1, -0.05) is 79.8 Å². The van der Waals surface area contributed by atoms with Crippen LogP contribution in [0.3, 0.4) is 0 Å². The molecule has 2 saturated heterocycles. The smallest absolute Gasteiger partial charge is 0.313 e. The van der Waals surface area contributed by atoms with Gasteiger partial charge in [0.25, 0.3) is 5.91 Å². The molecule has 0 aliphatic carbocycles. The molecular weight excluding hydrogens is 598 g/mol. The van der Waals surface area contributed by atoms with E-state index >= 15 is 0 Å². The van der Waals surface area contributed by atoms with E-state index in [1.54, 1.807) is 30.1 Å². The summed E-state index contributed by atoms with van der Waals surface area (Å²) in [6.45, 7) is 7.42. The molecule has 10 nitrogen and oxygen atoms in total. The number of aliphatic hydroxyl groups excluding tert-OH is 1. The number of rotatable bonds is 5. The van der Waals surface area contributed by atoms with Crippen molar-refractivity contribution in [1.29, 1.82) is 0 Å². The van der Waals surface area contributed by atoms with Gasteiger partial charge in [-0.05, 0) is 50.3 Å². The molecule has 8 atom stereocenters. The molecule has 10 heteroatoms. The molecular formula is C37H43N3O7. The molecule has 0 unspecified atom stereocenters. The number of anilines is 1. The monoisotopic (exact) mass is 641 g/mol. The number of carbonyl (C=O) groups excluding carboxylic acids is 4. The highest BCUT2D eigenvalue weighted by Gasteiger charge is 2.72. The van der Waals surface area contributed by atoms with Gasteiger partial charge in [0.15, 0.2) is 0 Å². The predicted molar refractivity (Wildman–Crippen MR) is 175 cm³/mol. The van der Waals surface area contributed by atoms with E-state index in [0.29, 0.717) is 18.4 Å². The minimum atomic E-state index is -1.50. The molecule has 1 spiro atoms. The van der Waals surface area contributed by atoms with Gasteiger partial charge in [0, 0.05) is 18.7 Å². The summed E-state index contributed by atoms with van der Waals surface area (Å²) in [7, 11) is 0. The summed E-state index contributed by atoms with van der Waals surface area (Å²) in [4.78, 5) is 59.9. The number of fused-ring (bicyclic) bond motifs is 2. The number of aryl methyl sites for hydroxylation is 2. The van der Waals surface area contributed by atoms with Crippen LogP contribution in [0.4, 0.5) is 5.69 Å². The Morgan fingerprint density at radius 3 is 2.40 bits per heavy atom. The first-order valence-corrected chi connectivity index (χ1v) is 16.5. The number of aliphatic hydroxyl groups is 1. The SMILES string of the molecule is CC[C@@H](CO)N1C(=O)[C@H]2[C@@H]3C(=O)O[C@@H](c4ccccc4)[C@H](C)NC(=O)CC/C=C\[C@@H]3O[C@]23C=CCN(c2c(C)cccc2C)C(=O)[C@H]13. The number of esters is 1. The Kier molecular flexibility index (Phi) is 9.09. The van der Waals surface area contributed by atoms with Crippen LogP contribution in [-0.4, -0.2) is 76.7 Å². The van der Waals surface area contributed by atoms with Crippen molar-refractivity contribution < 1.29 is 33.8 Å². The van der Waals surface area contributed by atoms with Crippen molar-refractivity contribution in [2.75, 3.05) is 18.1 Å². The normalized spacial score (nSPS) is 32.3. The van der Waals surface area contributed by atoms with Crippen LogP contribution >= 0.6 is 0 Å². The molecule has 3 amide bonds. The molecule has 2 aromatic carbocycles. The molecule has 248 valence electrons. The molecule has 4 aliphatic rings. The fourth-order valence-corrected chi connectivity index (χ4v) is 7.88. The van der Waals surface area contributed by atoms with Gasteiger partial charge in [-0.3, -0.25) is 19.2 Å². The number of cyclic esters (lactones) is 1. The van der Waals surface area contributed by atoms with Gasteiger partial charge in [-0.15, -0.1) is 0 Å². The zero-order valence-electron chi connectivity index (χ0n) is 27.3. The highest BCUT2D eigenvalue weighted by atomic mass is 16.6. The highest BCUT2D eigenvalue weighted by Crippen LogP contribution is 2.54. The van der Waals surface area contributed by atoms with Crippen LogP contribution in [0.25, 0.3) is 0 Å². The minimum absolute atomic E-state index is 0.177. The molecule has 6 rings (SSSR count). The summed E-state index contributed by atoms with van der Waals surface area (Å²) in [5, 5.41) is 13.4. The van der Waals surface area contributed by atoms with Gasteiger partial charge in [-0.2, -0.15) is 0 Å². The Morgan fingerprint density at radius 1 is 1.00 bits per heavy atom. The molecule has 4 aliphatic heterocycles. The van der Waals surface area contributed by atoms with Crippen LogP contribution in [0.5, 0.6) is 0 Å². The summed E-state index contributed by atoms with van der Waals surface area (Å²) in [6, 6.07) is 12.6.